The monoisotopic (exact) mass is 271 g/mol. The summed E-state index contributed by atoms with van der Waals surface area (Å²) in [5.74, 6) is 0.768. The van der Waals surface area contributed by atoms with Crippen LogP contribution < -0.4 is 10.6 Å². The maximum atomic E-state index is 11.7. The topological polar surface area (TPSA) is 71.8 Å². The van der Waals surface area contributed by atoms with Gasteiger partial charge in [0.25, 0.3) is 0 Å². The zero-order chi connectivity index (χ0) is 13.8. The summed E-state index contributed by atoms with van der Waals surface area (Å²) in [5.41, 5.74) is 1.69. The van der Waals surface area contributed by atoms with Gasteiger partial charge in [-0.25, -0.2) is 9.67 Å². The highest BCUT2D eigenvalue weighted by Crippen LogP contribution is 2.27. The number of carbonyl (C=O) groups excluding carboxylic acids is 1. The van der Waals surface area contributed by atoms with Crippen LogP contribution in [-0.2, 0) is 4.79 Å². The minimum absolute atomic E-state index is 0.0147. The Morgan fingerprint density at radius 3 is 2.75 bits per heavy atom. The first kappa shape index (κ1) is 12.8. The highest BCUT2D eigenvalue weighted by atomic mass is 16.1. The lowest BCUT2D eigenvalue weighted by atomic mass is 10.3. The summed E-state index contributed by atoms with van der Waals surface area (Å²) in [6, 6.07) is 7.50. The van der Waals surface area contributed by atoms with Crippen LogP contribution in [-0.4, -0.2) is 33.8 Å². The predicted octanol–water partition coefficient (Wildman–Crippen LogP) is 1.21. The highest BCUT2D eigenvalue weighted by Gasteiger charge is 2.20. The average Bonchev–Trinajstić information content (AvgIpc) is 3.11. The van der Waals surface area contributed by atoms with Crippen LogP contribution in [0.25, 0.3) is 5.69 Å². The molecular formula is C14H17N5O. The largest absolute Gasteiger partial charge is 0.325 e. The van der Waals surface area contributed by atoms with E-state index in [1.165, 1.54) is 19.2 Å². The van der Waals surface area contributed by atoms with Gasteiger partial charge in [-0.2, -0.15) is 5.10 Å². The first-order valence-corrected chi connectivity index (χ1v) is 6.77. The molecule has 0 saturated heterocycles. The fourth-order valence-electron chi connectivity index (χ4n) is 1.96. The minimum Gasteiger partial charge on any atom is -0.325 e. The third-order valence-electron chi connectivity index (χ3n) is 3.25. The molecule has 0 bridgehead atoms. The van der Waals surface area contributed by atoms with Crippen molar-refractivity contribution in [3.8, 4) is 5.69 Å². The van der Waals surface area contributed by atoms with Crippen LogP contribution in [0.5, 0.6) is 0 Å². The number of hydrogen-bond donors (Lipinski definition) is 2. The number of hydrogen-bond acceptors (Lipinski definition) is 4. The van der Waals surface area contributed by atoms with Crippen molar-refractivity contribution < 1.29 is 4.79 Å². The second kappa shape index (κ2) is 5.83. The fraction of sp³-hybridized carbons (Fsp3) is 0.357. The first-order chi connectivity index (χ1) is 9.81. The lowest BCUT2D eigenvalue weighted by molar-refractivity contribution is -0.115. The number of carbonyl (C=O) groups is 1. The van der Waals surface area contributed by atoms with Crippen molar-refractivity contribution in [1.29, 1.82) is 0 Å². The summed E-state index contributed by atoms with van der Waals surface area (Å²) < 4.78 is 1.67. The van der Waals surface area contributed by atoms with Gasteiger partial charge in [0.15, 0.2) is 0 Å². The van der Waals surface area contributed by atoms with Crippen LogP contribution in [0.1, 0.15) is 12.8 Å². The molecule has 6 nitrogen and oxygen atoms in total. The van der Waals surface area contributed by atoms with Gasteiger partial charge in [-0.05, 0) is 49.6 Å². The van der Waals surface area contributed by atoms with Crippen LogP contribution in [0.15, 0.2) is 36.9 Å². The zero-order valence-electron chi connectivity index (χ0n) is 11.1. The Labute approximate surface area is 117 Å². The molecule has 0 atom stereocenters. The summed E-state index contributed by atoms with van der Waals surface area (Å²) in [4.78, 5) is 15.6. The van der Waals surface area contributed by atoms with Crippen LogP contribution in [0.2, 0.25) is 0 Å². The molecule has 2 N–H and O–H groups in total. The van der Waals surface area contributed by atoms with E-state index in [2.05, 4.69) is 20.7 Å². The molecule has 20 heavy (non-hydrogen) atoms. The van der Waals surface area contributed by atoms with Crippen LogP contribution in [0.4, 0.5) is 5.69 Å². The second-order valence-electron chi connectivity index (χ2n) is 5.01. The summed E-state index contributed by atoms with van der Waals surface area (Å²) in [6.07, 6.45) is 5.70. The summed E-state index contributed by atoms with van der Waals surface area (Å²) >= 11 is 0. The molecule has 0 unspecified atom stereocenters. The van der Waals surface area contributed by atoms with Gasteiger partial charge in [-0.15, -0.1) is 0 Å². The van der Waals surface area contributed by atoms with E-state index in [1.807, 2.05) is 24.3 Å². The molecule has 1 fully saturated rings. The summed E-state index contributed by atoms with van der Waals surface area (Å²) in [6.45, 7) is 1.31. The summed E-state index contributed by atoms with van der Waals surface area (Å²) in [7, 11) is 0. The van der Waals surface area contributed by atoms with Gasteiger partial charge in [0, 0.05) is 5.69 Å². The van der Waals surface area contributed by atoms with E-state index in [4.69, 9.17) is 0 Å². The van der Waals surface area contributed by atoms with Crippen molar-refractivity contribution in [1.82, 2.24) is 20.1 Å². The Hall–Kier alpha value is -2.21. The van der Waals surface area contributed by atoms with Crippen LogP contribution >= 0.6 is 0 Å². The normalized spacial score (nSPS) is 14.2. The highest BCUT2D eigenvalue weighted by molar-refractivity contribution is 5.92. The third kappa shape index (κ3) is 3.42. The van der Waals surface area contributed by atoms with Crippen molar-refractivity contribution in [3.63, 3.8) is 0 Å². The molecule has 6 heteroatoms. The molecule has 3 rings (SSSR count). The van der Waals surface area contributed by atoms with Gasteiger partial charge in [0.1, 0.15) is 12.7 Å². The number of nitrogens with zero attached hydrogens (tertiary/aromatic N) is 3. The summed E-state index contributed by atoms with van der Waals surface area (Å²) in [5, 5.41) is 10.1. The van der Waals surface area contributed by atoms with Gasteiger partial charge in [0.05, 0.1) is 12.2 Å². The molecule has 0 radical (unpaired) electrons. The SMILES string of the molecule is O=C(CNCC1CC1)Nc1ccc(-n2cncn2)cc1. The average molecular weight is 271 g/mol. The Bertz CT molecular complexity index is 560. The van der Waals surface area contributed by atoms with Gasteiger partial charge < -0.3 is 10.6 Å². The fourth-order valence-corrected chi connectivity index (χ4v) is 1.96. The Kier molecular flexibility index (Phi) is 3.73. The van der Waals surface area contributed by atoms with Gasteiger partial charge in [0.2, 0.25) is 5.91 Å². The molecule has 1 amide bonds. The van der Waals surface area contributed by atoms with E-state index in [0.29, 0.717) is 6.54 Å². The van der Waals surface area contributed by atoms with Gasteiger partial charge >= 0.3 is 0 Å². The van der Waals surface area contributed by atoms with Gasteiger partial charge in [-0.3, -0.25) is 4.79 Å². The lowest BCUT2D eigenvalue weighted by Crippen LogP contribution is -2.29. The smallest absolute Gasteiger partial charge is 0.238 e. The standard InChI is InChI=1S/C14H17N5O/c20-14(8-15-7-11-1-2-11)18-12-3-5-13(6-4-12)19-10-16-9-17-19/h3-6,9-11,15H,1-2,7-8H2,(H,18,20). The first-order valence-electron chi connectivity index (χ1n) is 6.77. The van der Waals surface area contributed by atoms with Crippen LogP contribution in [0.3, 0.4) is 0 Å². The number of amides is 1. The second-order valence-corrected chi connectivity index (χ2v) is 5.01. The molecule has 1 aromatic carbocycles. The van der Waals surface area contributed by atoms with Crippen LogP contribution in [0, 0.1) is 5.92 Å². The van der Waals surface area contributed by atoms with Crippen molar-refractivity contribution in [2.24, 2.45) is 5.92 Å². The van der Waals surface area contributed by atoms with Crippen molar-refractivity contribution in [2.75, 3.05) is 18.4 Å². The molecule has 1 heterocycles. The third-order valence-corrected chi connectivity index (χ3v) is 3.25. The van der Waals surface area contributed by atoms with Crippen molar-refractivity contribution >= 4 is 11.6 Å². The zero-order valence-corrected chi connectivity index (χ0v) is 11.1. The molecule has 1 saturated carbocycles. The quantitative estimate of drug-likeness (QED) is 0.828. The number of aromatic nitrogens is 3. The van der Waals surface area contributed by atoms with E-state index in [1.54, 1.807) is 11.0 Å². The molecule has 104 valence electrons. The molecule has 1 aliphatic carbocycles. The van der Waals surface area contributed by atoms with Crippen molar-refractivity contribution in [2.45, 2.75) is 12.8 Å². The van der Waals surface area contributed by atoms with Crippen molar-refractivity contribution in [3.05, 3.63) is 36.9 Å². The minimum atomic E-state index is -0.0147. The van der Waals surface area contributed by atoms with Gasteiger partial charge in [-0.1, -0.05) is 0 Å². The number of nitrogens with one attached hydrogen (secondary N) is 2. The van der Waals surface area contributed by atoms with E-state index < -0.39 is 0 Å². The molecule has 0 aliphatic heterocycles. The molecular weight excluding hydrogens is 254 g/mol. The lowest BCUT2D eigenvalue weighted by Gasteiger charge is -2.07. The van der Waals surface area contributed by atoms with E-state index in [0.717, 1.165) is 23.8 Å². The van der Waals surface area contributed by atoms with E-state index in [-0.39, 0.29) is 5.91 Å². The Balaban J connectivity index is 1.50. The maximum Gasteiger partial charge on any atom is 0.238 e. The number of rotatable bonds is 6. The molecule has 0 spiro atoms. The van der Waals surface area contributed by atoms with E-state index >= 15 is 0 Å². The Morgan fingerprint density at radius 2 is 2.10 bits per heavy atom. The number of benzene rings is 1. The number of anilines is 1. The molecule has 1 aromatic heterocycles. The predicted molar refractivity (Wildman–Crippen MR) is 75.6 cm³/mol. The molecule has 1 aliphatic rings. The Morgan fingerprint density at radius 1 is 1.30 bits per heavy atom. The molecule has 2 aromatic rings. The maximum absolute atomic E-state index is 11.7. The van der Waals surface area contributed by atoms with E-state index in [9.17, 15) is 4.79 Å².